The lowest BCUT2D eigenvalue weighted by Crippen LogP contribution is -2.50. The van der Waals surface area contributed by atoms with Crippen LogP contribution in [-0.2, 0) is 19.1 Å². The van der Waals surface area contributed by atoms with E-state index in [0.717, 1.165) is 19.4 Å². The van der Waals surface area contributed by atoms with E-state index in [4.69, 9.17) is 9.47 Å². The Bertz CT molecular complexity index is 380. The van der Waals surface area contributed by atoms with Gasteiger partial charge in [0.2, 0.25) is 0 Å². The lowest BCUT2D eigenvalue weighted by atomic mass is 9.71. The third kappa shape index (κ3) is 2.36. The number of carbonyl (C=O) groups excluding carboxylic acids is 2. The summed E-state index contributed by atoms with van der Waals surface area (Å²) in [7, 11) is 2.76. The molecule has 2 saturated heterocycles. The van der Waals surface area contributed by atoms with E-state index >= 15 is 0 Å². The number of carbonyl (C=O) groups is 2. The first kappa shape index (κ1) is 14.3. The van der Waals surface area contributed by atoms with Crippen molar-refractivity contribution in [2.75, 3.05) is 27.3 Å². The Morgan fingerprint density at radius 2 is 1.79 bits per heavy atom. The quantitative estimate of drug-likeness (QED) is 0.702. The minimum Gasteiger partial charge on any atom is -0.469 e. The molecule has 5 nitrogen and oxygen atoms in total. The Labute approximate surface area is 114 Å². The molecular formula is C14H23NO4. The first-order valence-corrected chi connectivity index (χ1v) is 6.82. The van der Waals surface area contributed by atoms with Crippen LogP contribution in [0.5, 0.6) is 0 Å². The Kier molecular flexibility index (Phi) is 3.85. The minimum absolute atomic E-state index is 0.0138. The zero-order valence-corrected chi connectivity index (χ0v) is 12.1. The molecule has 0 amide bonds. The summed E-state index contributed by atoms with van der Waals surface area (Å²) in [4.78, 5) is 26.3. The predicted molar refractivity (Wildman–Crippen MR) is 69.4 cm³/mol. The topological polar surface area (TPSA) is 55.8 Å². The lowest BCUT2D eigenvalue weighted by Gasteiger charge is -2.44. The average Bonchev–Trinajstić information content (AvgIpc) is 2.77. The maximum absolute atomic E-state index is 12.1. The predicted octanol–water partition coefficient (Wildman–Crippen LogP) is 1.07. The van der Waals surface area contributed by atoms with Crippen molar-refractivity contribution in [2.24, 2.45) is 17.3 Å². The second-order valence-corrected chi connectivity index (χ2v) is 6.21. The van der Waals surface area contributed by atoms with Gasteiger partial charge < -0.3 is 9.47 Å². The van der Waals surface area contributed by atoms with Crippen LogP contribution in [0.4, 0.5) is 0 Å². The van der Waals surface area contributed by atoms with E-state index in [0.29, 0.717) is 6.54 Å². The molecule has 2 aliphatic heterocycles. The van der Waals surface area contributed by atoms with E-state index in [2.05, 4.69) is 18.7 Å². The van der Waals surface area contributed by atoms with Crippen LogP contribution in [0.1, 0.15) is 26.7 Å². The Balaban J connectivity index is 2.34. The summed E-state index contributed by atoms with van der Waals surface area (Å²) in [5.41, 5.74) is 0.0138. The van der Waals surface area contributed by atoms with Crippen molar-refractivity contribution in [3.63, 3.8) is 0 Å². The van der Waals surface area contributed by atoms with E-state index in [1.807, 2.05) is 0 Å². The number of hydrogen-bond acceptors (Lipinski definition) is 5. The molecule has 0 spiro atoms. The number of nitrogens with zero attached hydrogens (tertiary/aromatic N) is 1. The van der Waals surface area contributed by atoms with Gasteiger partial charge in [-0.25, -0.2) is 0 Å². The SMILES string of the molecule is COC(=O)[C@H]1[C@@H]2N(CCCC2(C)C)C[C@H]1C(=O)OC. The van der Waals surface area contributed by atoms with Crippen LogP contribution >= 0.6 is 0 Å². The number of methoxy groups -OCH3 is 2. The van der Waals surface area contributed by atoms with Crippen LogP contribution in [0.3, 0.4) is 0 Å². The Hall–Kier alpha value is -1.10. The zero-order valence-electron chi connectivity index (χ0n) is 12.1. The molecule has 0 N–H and O–H groups in total. The van der Waals surface area contributed by atoms with Gasteiger partial charge in [0.1, 0.15) is 0 Å². The van der Waals surface area contributed by atoms with Crippen molar-refractivity contribution in [3.05, 3.63) is 0 Å². The highest BCUT2D eigenvalue weighted by atomic mass is 16.5. The van der Waals surface area contributed by atoms with Crippen molar-refractivity contribution in [1.82, 2.24) is 4.90 Å². The van der Waals surface area contributed by atoms with Gasteiger partial charge in [0.05, 0.1) is 26.1 Å². The monoisotopic (exact) mass is 269 g/mol. The molecule has 0 aromatic carbocycles. The van der Waals surface area contributed by atoms with E-state index in [1.165, 1.54) is 14.2 Å². The van der Waals surface area contributed by atoms with Gasteiger partial charge >= 0.3 is 11.9 Å². The molecule has 0 radical (unpaired) electrons. The number of fused-ring (bicyclic) bond motifs is 1. The van der Waals surface area contributed by atoms with Gasteiger partial charge in [0, 0.05) is 12.6 Å². The summed E-state index contributed by atoms with van der Waals surface area (Å²) in [5, 5.41) is 0. The van der Waals surface area contributed by atoms with Gasteiger partial charge in [-0.05, 0) is 24.8 Å². The Morgan fingerprint density at radius 3 is 2.37 bits per heavy atom. The van der Waals surface area contributed by atoms with Crippen LogP contribution < -0.4 is 0 Å². The van der Waals surface area contributed by atoms with Crippen molar-refractivity contribution >= 4 is 11.9 Å². The highest BCUT2D eigenvalue weighted by Gasteiger charge is 2.56. The molecule has 0 unspecified atom stereocenters. The fourth-order valence-electron chi connectivity index (χ4n) is 3.83. The van der Waals surface area contributed by atoms with Crippen molar-refractivity contribution < 1.29 is 19.1 Å². The molecule has 0 aliphatic carbocycles. The van der Waals surface area contributed by atoms with Gasteiger partial charge in [-0.1, -0.05) is 13.8 Å². The number of hydrogen-bond donors (Lipinski definition) is 0. The summed E-state index contributed by atoms with van der Waals surface area (Å²) >= 11 is 0. The number of esters is 2. The molecule has 0 aromatic heterocycles. The number of rotatable bonds is 2. The van der Waals surface area contributed by atoms with Gasteiger partial charge in [-0.15, -0.1) is 0 Å². The summed E-state index contributed by atoms with van der Waals surface area (Å²) in [6.07, 6.45) is 2.17. The number of ether oxygens (including phenoxy) is 2. The molecule has 2 aliphatic rings. The maximum atomic E-state index is 12.1. The van der Waals surface area contributed by atoms with Gasteiger partial charge in [0.15, 0.2) is 0 Å². The van der Waals surface area contributed by atoms with E-state index in [9.17, 15) is 9.59 Å². The van der Waals surface area contributed by atoms with Crippen molar-refractivity contribution in [2.45, 2.75) is 32.7 Å². The molecule has 3 atom stereocenters. The van der Waals surface area contributed by atoms with Crippen LogP contribution in [0.15, 0.2) is 0 Å². The minimum atomic E-state index is -0.409. The van der Waals surface area contributed by atoms with Crippen LogP contribution in [-0.4, -0.2) is 50.2 Å². The second-order valence-electron chi connectivity index (χ2n) is 6.21. The summed E-state index contributed by atoms with van der Waals surface area (Å²) in [6, 6.07) is 0.0674. The molecule has 0 bridgehead atoms. The largest absolute Gasteiger partial charge is 0.469 e. The third-order valence-corrected chi connectivity index (χ3v) is 4.64. The third-order valence-electron chi connectivity index (χ3n) is 4.64. The molecule has 2 rings (SSSR count). The normalized spacial score (nSPS) is 33.6. The van der Waals surface area contributed by atoms with Crippen LogP contribution in [0.2, 0.25) is 0 Å². The first-order valence-electron chi connectivity index (χ1n) is 6.82. The fraction of sp³-hybridized carbons (Fsp3) is 0.857. The summed E-state index contributed by atoms with van der Waals surface area (Å²) in [5.74, 6) is -1.41. The lowest BCUT2D eigenvalue weighted by molar-refractivity contribution is -0.157. The molecule has 0 saturated carbocycles. The standard InChI is InChI=1S/C14H23NO4/c1-14(2)6-5-7-15-8-9(12(16)18-3)10(11(14)15)13(17)19-4/h9-11H,5-8H2,1-4H3/t9-,10-,11+/m1/s1. The van der Waals surface area contributed by atoms with Crippen LogP contribution in [0, 0.1) is 17.3 Å². The van der Waals surface area contributed by atoms with Crippen molar-refractivity contribution in [3.8, 4) is 0 Å². The summed E-state index contributed by atoms with van der Waals surface area (Å²) < 4.78 is 9.79. The van der Waals surface area contributed by atoms with E-state index < -0.39 is 11.8 Å². The molecular weight excluding hydrogens is 246 g/mol. The highest BCUT2D eigenvalue weighted by Crippen LogP contribution is 2.46. The smallest absolute Gasteiger partial charge is 0.311 e. The van der Waals surface area contributed by atoms with E-state index in [1.54, 1.807) is 0 Å². The average molecular weight is 269 g/mol. The molecule has 19 heavy (non-hydrogen) atoms. The fourth-order valence-corrected chi connectivity index (χ4v) is 3.83. The molecule has 2 fully saturated rings. The van der Waals surface area contributed by atoms with Gasteiger partial charge in [-0.3, -0.25) is 14.5 Å². The maximum Gasteiger partial charge on any atom is 0.311 e. The van der Waals surface area contributed by atoms with Gasteiger partial charge in [-0.2, -0.15) is 0 Å². The summed E-state index contributed by atoms with van der Waals surface area (Å²) in [6.45, 7) is 5.87. The highest BCUT2D eigenvalue weighted by molar-refractivity contribution is 5.83. The van der Waals surface area contributed by atoms with E-state index in [-0.39, 0.29) is 23.4 Å². The first-order chi connectivity index (χ1) is 8.92. The Morgan fingerprint density at radius 1 is 1.16 bits per heavy atom. The van der Waals surface area contributed by atoms with Gasteiger partial charge in [0.25, 0.3) is 0 Å². The van der Waals surface area contributed by atoms with Crippen molar-refractivity contribution in [1.29, 1.82) is 0 Å². The molecule has 108 valence electrons. The molecule has 2 heterocycles. The number of piperidine rings is 1. The zero-order chi connectivity index (χ0) is 14.2. The molecule has 0 aromatic rings. The second kappa shape index (κ2) is 5.12. The molecule has 5 heteroatoms. The van der Waals surface area contributed by atoms with Crippen LogP contribution in [0.25, 0.3) is 0 Å².